The van der Waals surface area contributed by atoms with Gasteiger partial charge in [-0.1, -0.05) is 11.3 Å². The van der Waals surface area contributed by atoms with Crippen LogP contribution in [0.15, 0.2) is 10.2 Å². The van der Waals surface area contributed by atoms with Crippen molar-refractivity contribution < 1.29 is 14.3 Å². The van der Waals surface area contributed by atoms with Crippen molar-refractivity contribution in [2.75, 3.05) is 19.7 Å². The molecule has 2 rings (SSSR count). The molecule has 1 aromatic heterocycles. The van der Waals surface area contributed by atoms with Crippen molar-refractivity contribution in [2.24, 2.45) is 5.92 Å². The highest BCUT2D eigenvalue weighted by atomic mass is 32.1. The molecule has 1 fully saturated rings. The molecule has 1 aliphatic rings. The molecule has 0 radical (unpaired) electrons. The highest BCUT2D eigenvalue weighted by Crippen LogP contribution is 2.19. The van der Waals surface area contributed by atoms with Crippen LogP contribution in [0.25, 0.3) is 0 Å². The fourth-order valence-electron chi connectivity index (χ4n) is 2.66. The van der Waals surface area contributed by atoms with Crippen molar-refractivity contribution in [2.45, 2.75) is 39.7 Å². The maximum Gasteiger partial charge on any atom is 0.309 e. The summed E-state index contributed by atoms with van der Waals surface area (Å²) in [6, 6.07) is 0. The molecule has 1 aromatic rings. The average Bonchev–Trinajstić information content (AvgIpc) is 2.84. The number of piperidine rings is 1. The number of esters is 1. The first kappa shape index (κ1) is 16.7. The Hall–Kier alpha value is -1.63. The predicted molar refractivity (Wildman–Crippen MR) is 83.9 cm³/mol. The summed E-state index contributed by atoms with van der Waals surface area (Å²) in [7, 11) is 0. The third-order valence-corrected chi connectivity index (χ3v) is 4.87. The monoisotopic (exact) mass is 326 g/mol. The normalized spacial score (nSPS) is 15.8. The quantitative estimate of drug-likeness (QED) is 0.767. The number of amides is 1. The molecule has 7 heteroatoms. The van der Waals surface area contributed by atoms with Crippen molar-refractivity contribution in [3.8, 4) is 0 Å². The third-order valence-electron chi connectivity index (χ3n) is 3.99. The average molecular weight is 326 g/mol. The Morgan fingerprint density at radius 1 is 1.36 bits per heavy atom. The standard InChI is InChI=1S/C15H22N2O4S/c1-3-21-14(19)12-4-7-16(8-5-12)13(18)6-9-17-11(2)10-22-15(17)20/h10,12H,3-9H2,1-2H3. The van der Waals surface area contributed by atoms with E-state index in [0.717, 1.165) is 17.0 Å². The molecule has 0 unspecified atom stereocenters. The SMILES string of the molecule is CCOC(=O)C1CCN(C(=O)CCn2c(C)csc2=O)CC1. The summed E-state index contributed by atoms with van der Waals surface area (Å²) in [6.45, 7) is 5.65. The van der Waals surface area contributed by atoms with Crippen LogP contribution in [0.2, 0.25) is 0 Å². The Bertz CT molecular complexity index is 585. The zero-order valence-electron chi connectivity index (χ0n) is 13.0. The van der Waals surface area contributed by atoms with Gasteiger partial charge >= 0.3 is 10.8 Å². The summed E-state index contributed by atoms with van der Waals surface area (Å²) >= 11 is 1.16. The molecule has 0 aliphatic carbocycles. The van der Waals surface area contributed by atoms with E-state index in [1.807, 2.05) is 6.92 Å². The summed E-state index contributed by atoms with van der Waals surface area (Å²) < 4.78 is 6.65. The van der Waals surface area contributed by atoms with E-state index in [1.165, 1.54) is 0 Å². The Balaban J connectivity index is 1.80. The molecule has 0 atom stereocenters. The molecule has 0 saturated carbocycles. The van der Waals surface area contributed by atoms with Gasteiger partial charge < -0.3 is 14.2 Å². The van der Waals surface area contributed by atoms with Gasteiger partial charge in [0.2, 0.25) is 5.91 Å². The van der Waals surface area contributed by atoms with Gasteiger partial charge in [0, 0.05) is 37.1 Å². The first-order valence-corrected chi connectivity index (χ1v) is 8.50. The highest BCUT2D eigenvalue weighted by Gasteiger charge is 2.28. The van der Waals surface area contributed by atoms with Gasteiger partial charge in [0.15, 0.2) is 0 Å². The number of aryl methyl sites for hydroxylation is 1. The molecule has 2 heterocycles. The molecule has 0 N–H and O–H groups in total. The van der Waals surface area contributed by atoms with Crippen LogP contribution in [0.3, 0.4) is 0 Å². The van der Waals surface area contributed by atoms with Gasteiger partial charge in [-0.05, 0) is 26.7 Å². The van der Waals surface area contributed by atoms with Gasteiger partial charge in [-0.3, -0.25) is 14.4 Å². The van der Waals surface area contributed by atoms with Gasteiger partial charge in [0.1, 0.15) is 0 Å². The van der Waals surface area contributed by atoms with Crippen LogP contribution in [-0.4, -0.2) is 41.0 Å². The summed E-state index contributed by atoms with van der Waals surface area (Å²) in [5.41, 5.74) is 0.892. The highest BCUT2D eigenvalue weighted by molar-refractivity contribution is 7.07. The Morgan fingerprint density at radius 3 is 2.59 bits per heavy atom. The predicted octanol–water partition coefficient (Wildman–Crippen LogP) is 1.41. The van der Waals surface area contributed by atoms with Crippen molar-refractivity contribution in [1.82, 2.24) is 9.47 Å². The first-order valence-electron chi connectivity index (χ1n) is 7.62. The van der Waals surface area contributed by atoms with Crippen LogP contribution < -0.4 is 4.87 Å². The van der Waals surface area contributed by atoms with Gasteiger partial charge in [0.25, 0.3) is 0 Å². The Morgan fingerprint density at radius 2 is 2.05 bits per heavy atom. The fourth-order valence-corrected chi connectivity index (χ4v) is 3.43. The molecule has 6 nitrogen and oxygen atoms in total. The van der Waals surface area contributed by atoms with Crippen LogP contribution in [0.5, 0.6) is 0 Å². The molecule has 0 bridgehead atoms. The number of carbonyl (C=O) groups excluding carboxylic acids is 2. The number of hydrogen-bond donors (Lipinski definition) is 0. The molecule has 0 aromatic carbocycles. The van der Waals surface area contributed by atoms with E-state index >= 15 is 0 Å². The molecule has 0 spiro atoms. The summed E-state index contributed by atoms with van der Waals surface area (Å²) in [6.07, 6.45) is 1.63. The molecule has 122 valence electrons. The van der Waals surface area contributed by atoms with E-state index in [2.05, 4.69) is 0 Å². The lowest BCUT2D eigenvalue weighted by atomic mass is 9.97. The number of ether oxygens (including phenoxy) is 1. The van der Waals surface area contributed by atoms with E-state index in [0.29, 0.717) is 45.5 Å². The lowest BCUT2D eigenvalue weighted by Crippen LogP contribution is -2.41. The van der Waals surface area contributed by atoms with Crippen LogP contribution >= 0.6 is 11.3 Å². The number of carbonyl (C=O) groups is 2. The first-order chi connectivity index (χ1) is 10.5. The minimum Gasteiger partial charge on any atom is -0.466 e. The minimum atomic E-state index is -0.157. The maximum atomic E-state index is 12.2. The van der Waals surface area contributed by atoms with Crippen molar-refractivity contribution in [1.29, 1.82) is 0 Å². The van der Waals surface area contributed by atoms with Crippen LogP contribution in [0.4, 0.5) is 0 Å². The Kier molecular flexibility index (Phi) is 5.76. The van der Waals surface area contributed by atoms with Crippen molar-refractivity contribution in [3.05, 3.63) is 20.7 Å². The molecular weight excluding hydrogens is 304 g/mol. The van der Waals surface area contributed by atoms with Crippen molar-refractivity contribution >= 4 is 23.2 Å². The lowest BCUT2D eigenvalue weighted by molar-refractivity contribution is -0.151. The largest absolute Gasteiger partial charge is 0.466 e. The Labute approximate surface area is 133 Å². The van der Waals surface area contributed by atoms with Crippen LogP contribution in [0.1, 0.15) is 31.9 Å². The molecule has 1 aliphatic heterocycles. The topological polar surface area (TPSA) is 68.6 Å². The van der Waals surface area contributed by atoms with Gasteiger partial charge in [0.05, 0.1) is 12.5 Å². The molecule has 22 heavy (non-hydrogen) atoms. The smallest absolute Gasteiger partial charge is 0.309 e. The number of aromatic nitrogens is 1. The number of thiazole rings is 1. The van der Waals surface area contributed by atoms with Gasteiger partial charge in [-0.25, -0.2) is 0 Å². The molecular formula is C15H22N2O4S. The molecule has 1 saturated heterocycles. The number of hydrogen-bond acceptors (Lipinski definition) is 5. The zero-order valence-corrected chi connectivity index (χ0v) is 13.9. The summed E-state index contributed by atoms with van der Waals surface area (Å²) in [4.78, 5) is 37.3. The van der Waals surface area contributed by atoms with E-state index in [-0.39, 0.29) is 22.7 Å². The van der Waals surface area contributed by atoms with Gasteiger partial charge in [-0.2, -0.15) is 0 Å². The maximum absolute atomic E-state index is 12.2. The van der Waals surface area contributed by atoms with Gasteiger partial charge in [-0.15, -0.1) is 0 Å². The second kappa shape index (κ2) is 7.58. The number of nitrogens with zero attached hydrogens (tertiary/aromatic N) is 2. The van der Waals surface area contributed by atoms with Crippen LogP contribution in [-0.2, 0) is 20.9 Å². The second-order valence-electron chi connectivity index (χ2n) is 5.45. The second-order valence-corrected chi connectivity index (χ2v) is 6.27. The third kappa shape index (κ3) is 3.97. The number of likely N-dealkylation sites (tertiary alicyclic amines) is 1. The lowest BCUT2D eigenvalue weighted by Gasteiger charge is -2.31. The minimum absolute atomic E-state index is 0.0219. The van der Waals surface area contributed by atoms with E-state index < -0.39 is 0 Å². The summed E-state index contributed by atoms with van der Waals surface area (Å²) in [5, 5.41) is 1.80. The zero-order chi connectivity index (χ0) is 16.1. The molecule has 1 amide bonds. The van der Waals surface area contributed by atoms with E-state index in [1.54, 1.807) is 21.8 Å². The number of rotatable bonds is 5. The van der Waals surface area contributed by atoms with E-state index in [4.69, 9.17) is 4.74 Å². The fraction of sp³-hybridized carbons (Fsp3) is 0.667. The summed E-state index contributed by atoms with van der Waals surface area (Å²) in [5.74, 6) is -0.208. The van der Waals surface area contributed by atoms with E-state index in [9.17, 15) is 14.4 Å². The van der Waals surface area contributed by atoms with Crippen molar-refractivity contribution in [3.63, 3.8) is 0 Å². The van der Waals surface area contributed by atoms with Crippen LogP contribution in [0, 0.1) is 12.8 Å².